The maximum Gasteiger partial charge on any atom is 0.309 e. The van der Waals surface area contributed by atoms with Crippen LogP contribution in [0.1, 0.15) is 6.42 Å². The van der Waals surface area contributed by atoms with E-state index >= 15 is 0 Å². The van der Waals surface area contributed by atoms with Crippen molar-refractivity contribution in [2.75, 3.05) is 26.4 Å². The summed E-state index contributed by atoms with van der Waals surface area (Å²) in [6.45, 7) is -1.66. The lowest BCUT2D eigenvalue weighted by Gasteiger charge is -2.24. The normalized spacial score (nSPS) is 13.4. The number of carboxylic acid groups (broad SMARTS) is 2. The van der Waals surface area contributed by atoms with Crippen molar-refractivity contribution in [3.63, 3.8) is 0 Å². The summed E-state index contributed by atoms with van der Waals surface area (Å²) in [6, 6.07) is 0. The third-order valence-electron chi connectivity index (χ3n) is 2.11. The molecule has 0 heterocycles. The van der Waals surface area contributed by atoms with E-state index in [1.165, 1.54) is 0 Å². The predicted molar refractivity (Wildman–Crippen MR) is 55.3 cm³/mol. The van der Waals surface area contributed by atoms with Crippen molar-refractivity contribution >= 4 is 11.9 Å². The molecule has 0 aliphatic rings. The van der Waals surface area contributed by atoms with Crippen molar-refractivity contribution in [2.45, 2.75) is 12.0 Å². The molecule has 8 heteroatoms. The first-order valence-corrected chi connectivity index (χ1v) is 4.87. The molecule has 0 aliphatic heterocycles. The van der Waals surface area contributed by atoms with Crippen LogP contribution in [0.5, 0.6) is 0 Å². The first-order chi connectivity index (χ1) is 7.84. The van der Waals surface area contributed by atoms with Crippen LogP contribution >= 0.6 is 0 Å². The summed E-state index contributed by atoms with van der Waals surface area (Å²) in [7, 11) is 0. The van der Waals surface area contributed by atoms with Crippen molar-refractivity contribution in [3.8, 4) is 0 Å². The fourth-order valence-electron chi connectivity index (χ4n) is 0.974. The first-order valence-electron chi connectivity index (χ1n) is 4.87. The molecule has 0 aliphatic carbocycles. The Morgan fingerprint density at radius 1 is 1.24 bits per heavy atom. The molecule has 0 aromatic carbocycles. The van der Waals surface area contributed by atoms with Gasteiger partial charge in [0.1, 0.15) is 0 Å². The lowest BCUT2D eigenvalue weighted by atomic mass is 10.1. The Balaban J connectivity index is 4.14. The highest BCUT2D eigenvalue weighted by atomic mass is 16.5. The maximum absolute atomic E-state index is 10.7. The third-order valence-corrected chi connectivity index (χ3v) is 2.11. The monoisotopic (exact) mass is 251 g/mol. The van der Waals surface area contributed by atoms with Crippen LogP contribution in [0.3, 0.4) is 0 Å². The Bertz CT molecular complexity index is 264. The van der Waals surface area contributed by atoms with Gasteiger partial charge in [-0.1, -0.05) is 0 Å². The zero-order valence-corrected chi connectivity index (χ0v) is 9.20. The fourth-order valence-corrected chi connectivity index (χ4v) is 0.974. The van der Waals surface area contributed by atoms with E-state index in [2.05, 4.69) is 0 Å². The van der Waals surface area contributed by atoms with Crippen LogP contribution in [-0.4, -0.2) is 64.3 Å². The van der Waals surface area contributed by atoms with E-state index in [-0.39, 0.29) is 13.2 Å². The number of rotatable bonds is 9. The van der Waals surface area contributed by atoms with Gasteiger partial charge < -0.3 is 30.9 Å². The average Bonchev–Trinajstić information content (AvgIpc) is 2.26. The van der Waals surface area contributed by atoms with Gasteiger partial charge in [-0.15, -0.1) is 0 Å². The minimum absolute atomic E-state index is 0.261. The quantitative estimate of drug-likeness (QED) is 0.311. The Hall–Kier alpha value is -1.22. The fraction of sp³-hybridized carbons (Fsp3) is 0.778. The minimum atomic E-state index is -1.35. The summed E-state index contributed by atoms with van der Waals surface area (Å²) < 4.78 is 4.92. The lowest BCUT2D eigenvalue weighted by Crippen LogP contribution is -2.51. The van der Waals surface area contributed by atoms with Gasteiger partial charge in [0.25, 0.3) is 0 Å². The van der Waals surface area contributed by atoms with Gasteiger partial charge >= 0.3 is 11.9 Å². The number of carbonyl (C=O) groups is 2. The van der Waals surface area contributed by atoms with Crippen LogP contribution in [0.15, 0.2) is 0 Å². The molecule has 0 rings (SSSR count). The molecular formula is C9H17NO7. The molecule has 0 aromatic heterocycles. The molecular weight excluding hydrogens is 234 g/mol. The number of hydrogen-bond donors (Lipinski definition) is 5. The van der Waals surface area contributed by atoms with Crippen LogP contribution < -0.4 is 5.73 Å². The van der Waals surface area contributed by atoms with Gasteiger partial charge in [0.2, 0.25) is 0 Å². The standard InChI is InChI=1S/C9H17NO7/c10-9(3-11,4-12)5-17-2-6(8(15)16)1-7(13)14/h6,11-12H,1-5,10H2,(H,13,14)(H,15,16). The van der Waals surface area contributed by atoms with Gasteiger partial charge in [-0.05, 0) is 0 Å². The Morgan fingerprint density at radius 2 is 1.76 bits per heavy atom. The van der Waals surface area contributed by atoms with E-state index in [0.717, 1.165) is 0 Å². The molecule has 0 aromatic rings. The van der Waals surface area contributed by atoms with Gasteiger partial charge in [0.05, 0.1) is 44.3 Å². The lowest BCUT2D eigenvalue weighted by molar-refractivity contribution is -0.150. The molecule has 0 spiro atoms. The molecule has 100 valence electrons. The zero-order chi connectivity index (χ0) is 13.5. The van der Waals surface area contributed by atoms with E-state index in [0.29, 0.717) is 0 Å². The van der Waals surface area contributed by atoms with E-state index in [9.17, 15) is 9.59 Å². The number of ether oxygens (including phenoxy) is 1. The van der Waals surface area contributed by atoms with Gasteiger partial charge in [0, 0.05) is 0 Å². The second-order valence-corrected chi connectivity index (χ2v) is 3.83. The first kappa shape index (κ1) is 15.8. The number of carboxylic acids is 2. The molecule has 0 fully saturated rings. The highest BCUT2D eigenvalue weighted by Crippen LogP contribution is 2.07. The van der Waals surface area contributed by atoms with E-state index in [1.807, 2.05) is 0 Å². The summed E-state index contributed by atoms with van der Waals surface area (Å²) in [5.74, 6) is -3.72. The predicted octanol–water partition coefficient (Wildman–Crippen LogP) is -2.14. The minimum Gasteiger partial charge on any atom is -0.481 e. The smallest absolute Gasteiger partial charge is 0.309 e. The summed E-state index contributed by atoms with van der Waals surface area (Å²) in [5, 5.41) is 34.8. The van der Waals surface area contributed by atoms with Crippen molar-refractivity contribution < 1.29 is 34.8 Å². The molecule has 0 saturated heterocycles. The van der Waals surface area contributed by atoms with E-state index < -0.39 is 43.0 Å². The topological polar surface area (TPSA) is 150 Å². The van der Waals surface area contributed by atoms with Gasteiger partial charge in [-0.3, -0.25) is 9.59 Å². The van der Waals surface area contributed by atoms with Crippen LogP contribution in [0.4, 0.5) is 0 Å². The molecule has 0 amide bonds. The largest absolute Gasteiger partial charge is 0.481 e. The maximum atomic E-state index is 10.7. The van der Waals surface area contributed by atoms with E-state index in [4.69, 9.17) is 30.9 Å². The summed E-state index contributed by atoms with van der Waals surface area (Å²) in [6.07, 6.45) is -0.564. The number of aliphatic hydroxyl groups excluding tert-OH is 2. The Morgan fingerprint density at radius 3 is 2.12 bits per heavy atom. The molecule has 1 atom stereocenters. The third kappa shape index (κ3) is 6.17. The highest BCUT2D eigenvalue weighted by molar-refractivity contribution is 5.77. The molecule has 1 unspecified atom stereocenters. The van der Waals surface area contributed by atoms with Crippen LogP contribution in [0.25, 0.3) is 0 Å². The second-order valence-electron chi connectivity index (χ2n) is 3.83. The molecule has 17 heavy (non-hydrogen) atoms. The second kappa shape index (κ2) is 7.17. The Kier molecular flexibility index (Phi) is 6.66. The van der Waals surface area contributed by atoms with Crippen LogP contribution in [0, 0.1) is 5.92 Å². The SMILES string of the molecule is NC(CO)(CO)COCC(CC(=O)O)C(=O)O. The number of hydrogen-bond acceptors (Lipinski definition) is 6. The number of nitrogens with two attached hydrogens (primary N) is 1. The van der Waals surface area contributed by atoms with Gasteiger partial charge in [-0.2, -0.15) is 0 Å². The molecule has 8 nitrogen and oxygen atoms in total. The van der Waals surface area contributed by atoms with Gasteiger partial charge in [0.15, 0.2) is 0 Å². The zero-order valence-electron chi connectivity index (χ0n) is 9.20. The van der Waals surface area contributed by atoms with Gasteiger partial charge in [-0.25, -0.2) is 0 Å². The molecule has 0 bridgehead atoms. The van der Waals surface area contributed by atoms with Crippen molar-refractivity contribution in [1.29, 1.82) is 0 Å². The average molecular weight is 251 g/mol. The van der Waals surface area contributed by atoms with Crippen molar-refractivity contribution in [2.24, 2.45) is 11.7 Å². The number of aliphatic hydroxyl groups is 2. The summed E-state index contributed by atoms with van der Waals surface area (Å²) in [5.41, 5.74) is 4.12. The van der Waals surface area contributed by atoms with Crippen molar-refractivity contribution in [3.05, 3.63) is 0 Å². The summed E-state index contributed by atoms with van der Waals surface area (Å²) in [4.78, 5) is 21.0. The highest BCUT2D eigenvalue weighted by Gasteiger charge is 2.26. The van der Waals surface area contributed by atoms with Crippen molar-refractivity contribution in [1.82, 2.24) is 0 Å². The molecule has 0 saturated carbocycles. The molecule has 6 N–H and O–H groups in total. The van der Waals surface area contributed by atoms with Crippen LogP contribution in [0.2, 0.25) is 0 Å². The van der Waals surface area contributed by atoms with Crippen LogP contribution in [-0.2, 0) is 14.3 Å². The molecule has 0 radical (unpaired) electrons. The van der Waals surface area contributed by atoms with E-state index in [1.54, 1.807) is 0 Å². The number of aliphatic carboxylic acids is 2. The summed E-state index contributed by atoms with van der Waals surface area (Å²) >= 11 is 0. The Labute approximate surface area is 97.6 Å².